The van der Waals surface area contributed by atoms with Crippen molar-refractivity contribution < 1.29 is 4.79 Å². The molecule has 2 aliphatic rings. The van der Waals surface area contributed by atoms with Crippen molar-refractivity contribution in [2.24, 2.45) is 0 Å². The molecule has 2 N–H and O–H groups in total. The molecular weight excluding hydrogens is 262 g/mol. The molecule has 4 nitrogen and oxygen atoms in total. The normalized spacial score (nSPS) is 30.4. The van der Waals surface area contributed by atoms with Gasteiger partial charge in [-0.15, -0.1) is 0 Å². The average Bonchev–Trinajstić information content (AvgIpc) is 2.63. The molecule has 3 unspecified atom stereocenters. The second kappa shape index (κ2) is 6.16. The number of hydrogen-bond acceptors (Lipinski definition) is 3. The summed E-state index contributed by atoms with van der Waals surface area (Å²) in [5.41, 5.74) is 2.22. The Morgan fingerprint density at radius 3 is 2.90 bits per heavy atom. The molecule has 2 aliphatic heterocycles. The van der Waals surface area contributed by atoms with E-state index < -0.39 is 0 Å². The number of para-hydroxylation sites is 1. The van der Waals surface area contributed by atoms with Gasteiger partial charge < -0.3 is 15.5 Å². The van der Waals surface area contributed by atoms with Crippen LogP contribution in [0.3, 0.4) is 0 Å². The van der Waals surface area contributed by atoms with Crippen molar-refractivity contribution in [3.63, 3.8) is 0 Å². The smallest absolute Gasteiger partial charge is 0.241 e. The predicted molar refractivity (Wildman–Crippen MR) is 85.4 cm³/mol. The van der Waals surface area contributed by atoms with Crippen LogP contribution in [0.5, 0.6) is 0 Å². The third kappa shape index (κ3) is 3.27. The Bertz CT molecular complexity index is 517. The number of piperidine rings is 1. The maximum absolute atomic E-state index is 12.4. The van der Waals surface area contributed by atoms with E-state index in [4.69, 9.17) is 0 Å². The van der Waals surface area contributed by atoms with Crippen LogP contribution >= 0.6 is 0 Å². The Labute approximate surface area is 126 Å². The molecule has 3 atom stereocenters. The van der Waals surface area contributed by atoms with Crippen molar-refractivity contribution in [2.45, 2.75) is 50.7 Å². The van der Waals surface area contributed by atoms with Gasteiger partial charge in [0.15, 0.2) is 0 Å². The second-order valence-corrected chi connectivity index (χ2v) is 6.46. The van der Waals surface area contributed by atoms with E-state index >= 15 is 0 Å². The summed E-state index contributed by atoms with van der Waals surface area (Å²) in [6, 6.07) is 9.08. The lowest BCUT2D eigenvalue weighted by atomic mass is 9.97. The number of anilines is 1. The summed E-state index contributed by atoms with van der Waals surface area (Å²) in [7, 11) is 2.18. The topological polar surface area (TPSA) is 44.4 Å². The number of nitrogens with one attached hydrogen (secondary N) is 2. The van der Waals surface area contributed by atoms with Gasteiger partial charge >= 0.3 is 0 Å². The largest absolute Gasteiger partial charge is 0.324 e. The van der Waals surface area contributed by atoms with E-state index in [2.05, 4.69) is 35.6 Å². The fourth-order valence-corrected chi connectivity index (χ4v) is 3.40. The summed E-state index contributed by atoms with van der Waals surface area (Å²) >= 11 is 0. The van der Waals surface area contributed by atoms with Crippen LogP contribution in [0.25, 0.3) is 0 Å². The predicted octanol–water partition coefficient (Wildman–Crippen LogP) is 2.01. The summed E-state index contributed by atoms with van der Waals surface area (Å²) < 4.78 is 0. The SMILES string of the molecule is CC1CC(NC2CCc3ccccc3NC2=O)CCN1C. The quantitative estimate of drug-likeness (QED) is 0.874. The molecule has 0 spiro atoms. The summed E-state index contributed by atoms with van der Waals surface area (Å²) in [6.07, 6.45) is 4.07. The zero-order chi connectivity index (χ0) is 14.8. The lowest BCUT2D eigenvalue weighted by Gasteiger charge is -2.36. The van der Waals surface area contributed by atoms with Gasteiger partial charge in [0, 0.05) is 17.8 Å². The summed E-state index contributed by atoms with van der Waals surface area (Å²) in [4.78, 5) is 14.8. The molecule has 1 saturated heterocycles. The van der Waals surface area contributed by atoms with Gasteiger partial charge in [-0.2, -0.15) is 0 Å². The highest BCUT2D eigenvalue weighted by atomic mass is 16.2. The molecule has 0 aromatic heterocycles. The molecule has 1 aromatic rings. The summed E-state index contributed by atoms with van der Waals surface area (Å²) in [6.45, 7) is 3.37. The van der Waals surface area contributed by atoms with Crippen LogP contribution in [0.15, 0.2) is 24.3 Å². The molecule has 0 saturated carbocycles. The Balaban J connectivity index is 1.64. The first-order valence-electron chi connectivity index (χ1n) is 7.98. The van der Waals surface area contributed by atoms with Crippen molar-refractivity contribution in [3.05, 3.63) is 29.8 Å². The fraction of sp³-hybridized carbons (Fsp3) is 0.588. The monoisotopic (exact) mass is 287 g/mol. The van der Waals surface area contributed by atoms with Gasteiger partial charge in [0.25, 0.3) is 0 Å². The Morgan fingerprint density at radius 2 is 2.10 bits per heavy atom. The van der Waals surface area contributed by atoms with Gasteiger partial charge in [-0.05, 0) is 57.8 Å². The highest BCUT2D eigenvalue weighted by Gasteiger charge is 2.29. The van der Waals surface area contributed by atoms with Crippen LogP contribution in [-0.4, -0.2) is 42.5 Å². The number of nitrogens with zero attached hydrogens (tertiary/aromatic N) is 1. The first kappa shape index (κ1) is 14.5. The maximum atomic E-state index is 12.4. The second-order valence-electron chi connectivity index (χ2n) is 6.46. The van der Waals surface area contributed by atoms with Gasteiger partial charge in [-0.3, -0.25) is 4.79 Å². The molecule has 1 amide bonds. The van der Waals surface area contributed by atoms with E-state index in [9.17, 15) is 4.79 Å². The van der Waals surface area contributed by atoms with Crippen molar-refractivity contribution >= 4 is 11.6 Å². The summed E-state index contributed by atoms with van der Waals surface area (Å²) in [5, 5.41) is 6.66. The minimum absolute atomic E-state index is 0.0713. The molecule has 114 valence electrons. The summed E-state index contributed by atoms with van der Waals surface area (Å²) in [5.74, 6) is 0.117. The number of carbonyl (C=O) groups is 1. The zero-order valence-corrected chi connectivity index (χ0v) is 12.9. The first-order valence-corrected chi connectivity index (χ1v) is 7.98. The van der Waals surface area contributed by atoms with Crippen molar-refractivity contribution in [3.8, 4) is 0 Å². The Kier molecular flexibility index (Phi) is 4.27. The number of aryl methyl sites for hydroxylation is 1. The van der Waals surface area contributed by atoms with E-state index in [1.807, 2.05) is 18.2 Å². The number of likely N-dealkylation sites (tertiary alicyclic amines) is 1. The minimum Gasteiger partial charge on any atom is -0.324 e. The van der Waals surface area contributed by atoms with E-state index in [1.165, 1.54) is 5.56 Å². The van der Waals surface area contributed by atoms with Crippen molar-refractivity contribution in [2.75, 3.05) is 18.9 Å². The van der Waals surface area contributed by atoms with Crippen molar-refractivity contribution in [1.29, 1.82) is 0 Å². The van der Waals surface area contributed by atoms with E-state index in [0.29, 0.717) is 12.1 Å². The van der Waals surface area contributed by atoms with Crippen LogP contribution < -0.4 is 10.6 Å². The molecule has 3 rings (SSSR count). The maximum Gasteiger partial charge on any atom is 0.241 e. The van der Waals surface area contributed by atoms with E-state index in [1.54, 1.807) is 0 Å². The number of amides is 1. The van der Waals surface area contributed by atoms with Crippen LogP contribution in [0.2, 0.25) is 0 Å². The number of carbonyl (C=O) groups excluding carboxylic acids is 1. The molecule has 4 heteroatoms. The molecular formula is C17H25N3O. The van der Waals surface area contributed by atoms with Gasteiger partial charge in [0.2, 0.25) is 5.91 Å². The molecule has 2 heterocycles. The molecule has 0 radical (unpaired) electrons. The highest BCUT2D eigenvalue weighted by molar-refractivity contribution is 5.96. The Hall–Kier alpha value is -1.39. The van der Waals surface area contributed by atoms with Gasteiger partial charge in [0.05, 0.1) is 6.04 Å². The van der Waals surface area contributed by atoms with Crippen LogP contribution in [-0.2, 0) is 11.2 Å². The van der Waals surface area contributed by atoms with E-state index in [-0.39, 0.29) is 11.9 Å². The molecule has 1 fully saturated rings. The molecule has 1 aromatic carbocycles. The van der Waals surface area contributed by atoms with E-state index in [0.717, 1.165) is 37.9 Å². The van der Waals surface area contributed by atoms with Crippen LogP contribution in [0, 0.1) is 0 Å². The number of rotatable bonds is 2. The third-order valence-electron chi connectivity index (χ3n) is 4.94. The number of fused-ring (bicyclic) bond motifs is 1. The van der Waals surface area contributed by atoms with Gasteiger partial charge in [-0.1, -0.05) is 18.2 Å². The standard InChI is InChI=1S/C17H25N3O/c1-12-11-14(9-10-20(12)2)18-16-8-7-13-5-3-4-6-15(13)19-17(16)21/h3-6,12,14,16,18H,7-11H2,1-2H3,(H,19,21). The number of benzene rings is 1. The number of hydrogen-bond donors (Lipinski definition) is 2. The average molecular weight is 287 g/mol. The minimum atomic E-state index is -0.0713. The fourth-order valence-electron chi connectivity index (χ4n) is 3.40. The van der Waals surface area contributed by atoms with Gasteiger partial charge in [0.1, 0.15) is 0 Å². The molecule has 0 aliphatic carbocycles. The lowest BCUT2D eigenvalue weighted by molar-refractivity contribution is -0.118. The van der Waals surface area contributed by atoms with Gasteiger partial charge in [-0.25, -0.2) is 0 Å². The molecule has 0 bridgehead atoms. The Morgan fingerprint density at radius 1 is 1.29 bits per heavy atom. The third-order valence-corrected chi connectivity index (χ3v) is 4.94. The lowest BCUT2D eigenvalue weighted by Crippen LogP contribution is -2.51. The highest BCUT2D eigenvalue weighted by Crippen LogP contribution is 2.23. The van der Waals surface area contributed by atoms with Crippen molar-refractivity contribution in [1.82, 2.24) is 10.2 Å². The zero-order valence-electron chi connectivity index (χ0n) is 12.9. The first-order chi connectivity index (χ1) is 10.1. The molecule has 21 heavy (non-hydrogen) atoms. The van der Waals surface area contributed by atoms with Crippen LogP contribution in [0.1, 0.15) is 31.7 Å². The van der Waals surface area contributed by atoms with Crippen LogP contribution in [0.4, 0.5) is 5.69 Å².